The van der Waals surface area contributed by atoms with Crippen LogP contribution in [0.5, 0.6) is 0 Å². The predicted molar refractivity (Wildman–Crippen MR) is 82.2 cm³/mol. The Morgan fingerprint density at radius 3 is 2.05 bits per heavy atom. The summed E-state index contributed by atoms with van der Waals surface area (Å²) in [5.74, 6) is 0.331. The molecule has 0 saturated heterocycles. The van der Waals surface area contributed by atoms with Crippen molar-refractivity contribution in [3.05, 3.63) is 77.2 Å². The number of rotatable bonds is 3. The summed E-state index contributed by atoms with van der Waals surface area (Å²) in [5.41, 5.74) is 0.0287. The molecule has 1 aromatic heterocycles. The molecule has 0 spiro atoms. The van der Waals surface area contributed by atoms with Crippen molar-refractivity contribution in [1.82, 2.24) is 9.97 Å². The minimum absolute atomic E-state index is 0.0646. The summed E-state index contributed by atoms with van der Waals surface area (Å²) >= 11 is 0. The highest BCUT2D eigenvalue weighted by Crippen LogP contribution is 2.18. The van der Waals surface area contributed by atoms with Crippen LogP contribution in [0, 0.1) is 0 Å². The van der Waals surface area contributed by atoms with Crippen LogP contribution in [0.4, 0.5) is 0 Å². The molecule has 0 aliphatic carbocycles. The lowest BCUT2D eigenvalue weighted by molar-refractivity contribution is 0.594. The van der Waals surface area contributed by atoms with Crippen molar-refractivity contribution in [2.75, 3.05) is 0 Å². The Hall–Kier alpha value is -2.73. The van der Waals surface area contributed by atoms with Crippen LogP contribution in [0.3, 0.4) is 0 Å². The summed E-state index contributed by atoms with van der Waals surface area (Å²) in [7, 11) is -3.87. The number of nitrogens with one attached hydrogen (secondary N) is 1. The Morgan fingerprint density at radius 1 is 0.864 bits per heavy atom. The monoisotopic (exact) mass is 312 g/mol. The molecule has 0 bridgehead atoms. The third kappa shape index (κ3) is 2.56. The average Bonchev–Trinajstić information content (AvgIpc) is 2.56. The molecule has 0 unspecified atom stereocenters. The Bertz CT molecular complexity index is 949. The number of aromatic nitrogens is 2. The van der Waals surface area contributed by atoms with E-state index in [2.05, 4.69) is 9.97 Å². The van der Waals surface area contributed by atoms with E-state index in [0.717, 1.165) is 6.20 Å². The molecule has 3 rings (SSSR count). The summed E-state index contributed by atoms with van der Waals surface area (Å²) in [6.45, 7) is 0. The van der Waals surface area contributed by atoms with Gasteiger partial charge in [-0.1, -0.05) is 48.5 Å². The second-order valence-electron chi connectivity index (χ2n) is 4.61. The van der Waals surface area contributed by atoms with Crippen LogP contribution in [0.2, 0.25) is 0 Å². The first-order valence-electron chi connectivity index (χ1n) is 6.54. The van der Waals surface area contributed by atoms with Crippen LogP contribution in [0.15, 0.2) is 81.4 Å². The average molecular weight is 312 g/mol. The summed E-state index contributed by atoms with van der Waals surface area (Å²) in [4.78, 5) is 18.4. The maximum atomic E-state index is 12.4. The Morgan fingerprint density at radius 2 is 1.45 bits per heavy atom. The summed E-state index contributed by atoms with van der Waals surface area (Å²) in [6.07, 6.45) is 1.10. The van der Waals surface area contributed by atoms with Crippen molar-refractivity contribution in [3.63, 3.8) is 0 Å². The van der Waals surface area contributed by atoms with Crippen LogP contribution >= 0.6 is 0 Å². The molecule has 22 heavy (non-hydrogen) atoms. The van der Waals surface area contributed by atoms with Crippen LogP contribution in [-0.2, 0) is 9.84 Å². The van der Waals surface area contributed by atoms with Crippen molar-refractivity contribution in [1.29, 1.82) is 0 Å². The zero-order valence-corrected chi connectivity index (χ0v) is 12.2. The SMILES string of the molecule is O=c1[nH]c(-c2ccccc2)ncc1S(=O)(=O)c1ccccc1. The summed E-state index contributed by atoms with van der Waals surface area (Å²) in [5, 5.41) is 0. The predicted octanol–water partition coefficient (Wildman–Crippen LogP) is 2.27. The maximum absolute atomic E-state index is 12.4. The van der Waals surface area contributed by atoms with E-state index in [1.807, 2.05) is 18.2 Å². The molecule has 0 aliphatic heterocycles. The van der Waals surface area contributed by atoms with Gasteiger partial charge < -0.3 is 4.98 Å². The Balaban J connectivity index is 2.09. The first-order chi connectivity index (χ1) is 10.6. The van der Waals surface area contributed by atoms with E-state index in [-0.39, 0.29) is 9.79 Å². The molecule has 0 saturated carbocycles. The molecule has 0 radical (unpaired) electrons. The zero-order valence-electron chi connectivity index (χ0n) is 11.4. The fraction of sp³-hybridized carbons (Fsp3) is 0. The van der Waals surface area contributed by atoms with Gasteiger partial charge in [-0.3, -0.25) is 4.79 Å². The summed E-state index contributed by atoms with van der Waals surface area (Å²) < 4.78 is 24.9. The molecule has 3 aromatic rings. The minimum Gasteiger partial charge on any atom is -0.305 e. The van der Waals surface area contributed by atoms with Gasteiger partial charge in [-0.15, -0.1) is 0 Å². The lowest BCUT2D eigenvalue weighted by Crippen LogP contribution is -2.19. The molecule has 0 atom stereocenters. The normalized spacial score (nSPS) is 11.3. The number of hydrogen-bond acceptors (Lipinski definition) is 4. The van der Waals surface area contributed by atoms with E-state index in [0.29, 0.717) is 11.4 Å². The molecule has 0 amide bonds. The fourth-order valence-corrected chi connectivity index (χ4v) is 3.30. The van der Waals surface area contributed by atoms with Gasteiger partial charge in [-0.2, -0.15) is 0 Å². The topological polar surface area (TPSA) is 79.9 Å². The number of aromatic amines is 1. The first kappa shape index (κ1) is 14.2. The van der Waals surface area contributed by atoms with E-state index in [1.165, 1.54) is 12.1 Å². The van der Waals surface area contributed by atoms with Crippen LogP contribution < -0.4 is 5.56 Å². The van der Waals surface area contributed by atoms with Crippen molar-refractivity contribution < 1.29 is 8.42 Å². The molecule has 1 heterocycles. The molecular formula is C16H12N2O3S. The highest BCUT2D eigenvalue weighted by Gasteiger charge is 2.21. The smallest absolute Gasteiger partial charge is 0.270 e. The Labute approximate surface area is 127 Å². The molecule has 2 aromatic carbocycles. The molecule has 5 nitrogen and oxygen atoms in total. The van der Waals surface area contributed by atoms with Gasteiger partial charge in [-0.05, 0) is 12.1 Å². The van der Waals surface area contributed by atoms with Gasteiger partial charge in [0.2, 0.25) is 9.84 Å². The highest BCUT2D eigenvalue weighted by molar-refractivity contribution is 7.91. The number of benzene rings is 2. The number of nitrogens with zero attached hydrogens (tertiary/aromatic N) is 1. The van der Waals surface area contributed by atoms with E-state index in [9.17, 15) is 13.2 Å². The minimum atomic E-state index is -3.87. The third-order valence-electron chi connectivity index (χ3n) is 3.16. The van der Waals surface area contributed by atoms with Crippen molar-refractivity contribution >= 4 is 9.84 Å². The van der Waals surface area contributed by atoms with Crippen molar-refractivity contribution in [2.24, 2.45) is 0 Å². The van der Waals surface area contributed by atoms with E-state index < -0.39 is 15.4 Å². The van der Waals surface area contributed by atoms with Crippen molar-refractivity contribution in [3.8, 4) is 11.4 Å². The van der Waals surface area contributed by atoms with Crippen LogP contribution in [-0.4, -0.2) is 18.4 Å². The lowest BCUT2D eigenvalue weighted by Gasteiger charge is -2.05. The number of hydrogen-bond donors (Lipinski definition) is 1. The van der Waals surface area contributed by atoms with Crippen molar-refractivity contribution in [2.45, 2.75) is 9.79 Å². The van der Waals surface area contributed by atoms with Gasteiger partial charge in [-0.25, -0.2) is 13.4 Å². The van der Waals surface area contributed by atoms with Gasteiger partial charge in [0.15, 0.2) is 4.90 Å². The first-order valence-corrected chi connectivity index (χ1v) is 8.02. The molecular weight excluding hydrogens is 300 g/mol. The van der Waals surface area contributed by atoms with E-state index in [1.54, 1.807) is 30.3 Å². The highest BCUT2D eigenvalue weighted by atomic mass is 32.2. The Kier molecular flexibility index (Phi) is 3.60. The van der Waals surface area contributed by atoms with Gasteiger partial charge in [0.05, 0.1) is 11.1 Å². The van der Waals surface area contributed by atoms with Gasteiger partial charge >= 0.3 is 0 Å². The van der Waals surface area contributed by atoms with Crippen LogP contribution in [0.25, 0.3) is 11.4 Å². The van der Waals surface area contributed by atoms with E-state index in [4.69, 9.17) is 0 Å². The molecule has 110 valence electrons. The van der Waals surface area contributed by atoms with Crippen LogP contribution in [0.1, 0.15) is 0 Å². The molecule has 1 N–H and O–H groups in total. The molecule has 0 aliphatic rings. The maximum Gasteiger partial charge on any atom is 0.270 e. The number of H-pyrrole nitrogens is 1. The fourth-order valence-electron chi connectivity index (χ4n) is 2.04. The third-order valence-corrected chi connectivity index (χ3v) is 4.92. The summed E-state index contributed by atoms with van der Waals surface area (Å²) in [6, 6.07) is 16.8. The number of sulfone groups is 1. The standard InChI is InChI=1S/C16H12N2O3S/c19-16-14(22(20,21)13-9-5-2-6-10-13)11-17-15(18-16)12-7-3-1-4-8-12/h1-11H,(H,17,18,19). The second-order valence-corrected chi connectivity index (χ2v) is 6.53. The zero-order chi connectivity index (χ0) is 15.6. The van der Waals surface area contributed by atoms with Gasteiger partial charge in [0.25, 0.3) is 5.56 Å². The molecule has 6 heteroatoms. The van der Waals surface area contributed by atoms with Gasteiger partial charge in [0.1, 0.15) is 5.82 Å². The van der Waals surface area contributed by atoms with Gasteiger partial charge in [0, 0.05) is 5.56 Å². The van der Waals surface area contributed by atoms with E-state index >= 15 is 0 Å². The molecule has 0 fully saturated rings. The quantitative estimate of drug-likeness (QED) is 0.804. The lowest BCUT2D eigenvalue weighted by atomic mass is 10.2. The largest absolute Gasteiger partial charge is 0.305 e. The second kappa shape index (κ2) is 5.57.